The number of anilines is 1. The zero-order valence-corrected chi connectivity index (χ0v) is 12.7. The number of halogens is 2. The maximum atomic E-state index is 13.4. The Kier molecular flexibility index (Phi) is 4.40. The molecule has 0 saturated heterocycles. The van der Waals surface area contributed by atoms with E-state index in [9.17, 15) is 13.6 Å². The molecule has 0 bridgehead atoms. The Balaban J connectivity index is 2.47. The summed E-state index contributed by atoms with van der Waals surface area (Å²) in [6.45, 7) is 7.31. The van der Waals surface area contributed by atoms with Crippen molar-refractivity contribution in [2.45, 2.75) is 20.4 Å². The highest BCUT2D eigenvalue weighted by molar-refractivity contribution is 6.01. The van der Waals surface area contributed by atoms with E-state index in [1.807, 2.05) is 13.8 Å². The second-order valence-electron chi connectivity index (χ2n) is 5.03. The van der Waals surface area contributed by atoms with Gasteiger partial charge in [-0.2, -0.15) is 5.10 Å². The van der Waals surface area contributed by atoms with Crippen molar-refractivity contribution in [1.29, 1.82) is 0 Å². The number of carbonyl (C=O) groups is 1. The largest absolute Gasteiger partial charge is 0.304 e. The molecule has 1 aromatic carbocycles. The van der Waals surface area contributed by atoms with Crippen molar-refractivity contribution in [1.82, 2.24) is 9.78 Å². The van der Waals surface area contributed by atoms with Crippen molar-refractivity contribution < 1.29 is 13.6 Å². The van der Waals surface area contributed by atoms with Gasteiger partial charge in [0.05, 0.1) is 17.9 Å². The molecule has 22 heavy (non-hydrogen) atoms. The molecule has 1 heterocycles. The lowest BCUT2D eigenvalue weighted by Crippen LogP contribution is -2.29. The van der Waals surface area contributed by atoms with Gasteiger partial charge in [0.1, 0.15) is 11.6 Å². The first-order valence-electron chi connectivity index (χ1n) is 6.72. The van der Waals surface area contributed by atoms with Gasteiger partial charge in [-0.05, 0) is 32.1 Å². The highest BCUT2D eigenvalue weighted by Gasteiger charge is 2.19. The number of aromatic nitrogens is 2. The van der Waals surface area contributed by atoms with Crippen molar-refractivity contribution in [3.05, 3.63) is 59.4 Å². The average Bonchev–Trinajstić information content (AvgIpc) is 2.68. The lowest BCUT2D eigenvalue weighted by atomic mass is 10.1. The minimum atomic E-state index is -0.739. The number of amides is 1. The van der Waals surface area contributed by atoms with Gasteiger partial charge in [0.2, 0.25) is 0 Å². The molecule has 0 N–H and O–H groups in total. The molecule has 0 unspecified atom stereocenters. The summed E-state index contributed by atoms with van der Waals surface area (Å²) in [4.78, 5) is 13.4. The molecule has 2 aromatic rings. The summed E-state index contributed by atoms with van der Waals surface area (Å²) in [7, 11) is 1.80. The summed E-state index contributed by atoms with van der Waals surface area (Å²) in [6, 6.07) is 3.00. The first-order valence-corrected chi connectivity index (χ1v) is 6.72. The van der Waals surface area contributed by atoms with Gasteiger partial charge in [-0.3, -0.25) is 9.48 Å². The number of nitrogens with zero attached hydrogens (tertiary/aromatic N) is 3. The van der Waals surface area contributed by atoms with Gasteiger partial charge in [0, 0.05) is 24.4 Å². The third-order valence-electron chi connectivity index (χ3n) is 3.57. The normalized spacial score (nSPS) is 10.6. The number of carbonyl (C=O) groups excluding carboxylic acids is 1. The van der Waals surface area contributed by atoms with Crippen molar-refractivity contribution in [3.8, 4) is 0 Å². The molecule has 1 amide bonds. The molecule has 116 valence electrons. The lowest BCUT2D eigenvalue weighted by Gasteiger charge is -2.22. The molecular weight excluding hydrogens is 288 g/mol. The van der Waals surface area contributed by atoms with E-state index in [1.165, 1.54) is 4.90 Å². The molecule has 0 atom stereocenters. The summed E-state index contributed by atoms with van der Waals surface area (Å²) in [5.74, 6) is -1.92. The van der Waals surface area contributed by atoms with E-state index >= 15 is 0 Å². The van der Waals surface area contributed by atoms with Crippen molar-refractivity contribution in [3.63, 3.8) is 0 Å². The van der Waals surface area contributed by atoms with Crippen LogP contribution in [0.2, 0.25) is 0 Å². The van der Waals surface area contributed by atoms with Gasteiger partial charge < -0.3 is 4.90 Å². The average molecular weight is 305 g/mol. The summed E-state index contributed by atoms with van der Waals surface area (Å²) in [6.07, 6.45) is 1.11. The van der Waals surface area contributed by atoms with Crippen LogP contribution in [-0.2, 0) is 18.4 Å². The molecule has 0 aliphatic rings. The third-order valence-corrected chi connectivity index (χ3v) is 3.57. The highest BCUT2D eigenvalue weighted by atomic mass is 19.1. The summed E-state index contributed by atoms with van der Waals surface area (Å²) in [5.41, 5.74) is 2.63. The maximum Gasteiger partial charge on any atom is 0.250 e. The molecule has 1 aromatic heterocycles. The van der Waals surface area contributed by atoms with Gasteiger partial charge in [-0.1, -0.05) is 6.58 Å². The van der Waals surface area contributed by atoms with Crippen LogP contribution in [0.1, 0.15) is 17.0 Å². The summed E-state index contributed by atoms with van der Waals surface area (Å²) < 4.78 is 28.6. The molecular formula is C16H17F2N3O. The van der Waals surface area contributed by atoms with E-state index in [1.54, 1.807) is 11.7 Å². The summed E-state index contributed by atoms with van der Waals surface area (Å²) in [5, 5.41) is 4.28. The smallest absolute Gasteiger partial charge is 0.250 e. The van der Waals surface area contributed by atoms with Gasteiger partial charge >= 0.3 is 0 Å². The number of hydrogen-bond donors (Lipinski definition) is 0. The molecule has 0 aliphatic carbocycles. The number of benzene rings is 1. The Hall–Kier alpha value is -2.50. The Morgan fingerprint density at radius 2 is 1.91 bits per heavy atom. The second-order valence-corrected chi connectivity index (χ2v) is 5.03. The van der Waals surface area contributed by atoms with Gasteiger partial charge in [-0.25, -0.2) is 8.78 Å². The number of hydrogen-bond acceptors (Lipinski definition) is 2. The fraction of sp³-hybridized carbons (Fsp3) is 0.250. The number of rotatable bonds is 4. The zero-order chi connectivity index (χ0) is 16.4. The van der Waals surface area contributed by atoms with Gasteiger partial charge in [-0.15, -0.1) is 0 Å². The van der Waals surface area contributed by atoms with Crippen LogP contribution in [0.5, 0.6) is 0 Å². The molecule has 0 aliphatic heterocycles. The molecule has 0 saturated carbocycles. The van der Waals surface area contributed by atoms with Crippen LogP contribution in [0.3, 0.4) is 0 Å². The topological polar surface area (TPSA) is 38.1 Å². The fourth-order valence-corrected chi connectivity index (χ4v) is 2.31. The molecule has 0 radical (unpaired) electrons. The third kappa shape index (κ3) is 3.05. The first-order chi connectivity index (χ1) is 10.3. The van der Waals surface area contributed by atoms with Crippen LogP contribution in [0.25, 0.3) is 0 Å². The molecule has 6 heteroatoms. The monoisotopic (exact) mass is 305 g/mol. The zero-order valence-electron chi connectivity index (χ0n) is 12.7. The van der Waals surface area contributed by atoms with Crippen LogP contribution in [-0.4, -0.2) is 15.7 Å². The maximum absolute atomic E-state index is 13.4. The Labute approximate surface area is 127 Å². The van der Waals surface area contributed by atoms with Crippen LogP contribution < -0.4 is 4.90 Å². The number of aryl methyl sites for hydroxylation is 2. The van der Waals surface area contributed by atoms with E-state index in [0.29, 0.717) is 0 Å². The van der Waals surface area contributed by atoms with E-state index in [-0.39, 0.29) is 12.2 Å². The standard InChI is InChI=1S/C16H17F2N3O/c1-5-16(22)21(14-7-12(17)6-13(18)8-14)9-15-10(2)19-20(4)11(15)3/h5-8H,1,9H2,2-4H3. The van der Waals surface area contributed by atoms with Crippen molar-refractivity contribution >= 4 is 11.6 Å². The molecule has 0 spiro atoms. The van der Waals surface area contributed by atoms with Gasteiger partial charge in [0.15, 0.2) is 0 Å². The highest BCUT2D eigenvalue weighted by Crippen LogP contribution is 2.23. The minimum absolute atomic E-state index is 0.144. The molecule has 0 fully saturated rings. The quantitative estimate of drug-likeness (QED) is 0.814. The van der Waals surface area contributed by atoms with E-state index in [0.717, 1.165) is 41.2 Å². The molecule has 2 rings (SSSR count). The Morgan fingerprint density at radius 1 is 1.32 bits per heavy atom. The van der Waals surface area contributed by atoms with E-state index in [2.05, 4.69) is 11.7 Å². The predicted molar refractivity (Wildman–Crippen MR) is 80.4 cm³/mol. The Bertz CT molecular complexity index is 717. The van der Waals surface area contributed by atoms with E-state index in [4.69, 9.17) is 0 Å². The van der Waals surface area contributed by atoms with Crippen molar-refractivity contribution in [2.75, 3.05) is 4.90 Å². The van der Waals surface area contributed by atoms with E-state index < -0.39 is 17.5 Å². The lowest BCUT2D eigenvalue weighted by molar-refractivity contribution is -0.114. The Morgan fingerprint density at radius 3 is 2.36 bits per heavy atom. The second kappa shape index (κ2) is 6.09. The van der Waals surface area contributed by atoms with Crippen LogP contribution in [0.15, 0.2) is 30.9 Å². The molecule has 4 nitrogen and oxygen atoms in total. The summed E-state index contributed by atoms with van der Waals surface area (Å²) >= 11 is 0. The SMILES string of the molecule is C=CC(=O)N(Cc1c(C)nn(C)c1C)c1cc(F)cc(F)c1. The minimum Gasteiger partial charge on any atom is -0.304 e. The van der Waals surface area contributed by atoms with Crippen molar-refractivity contribution in [2.24, 2.45) is 7.05 Å². The van der Waals surface area contributed by atoms with Crippen LogP contribution in [0, 0.1) is 25.5 Å². The fourth-order valence-electron chi connectivity index (χ4n) is 2.31. The first kappa shape index (κ1) is 15.9. The predicted octanol–water partition coefficient (Wildman–Crippen LogP) is 3.03. The van der Waals surface area contributed by atoms with Crippen LogP contribution >= 0.6 is 0 Å². The van der Waals surface area contributed by atoms with Crippen LogP contribution in [0.4, 0.5) is 14.5 Å². The van der Waals surface area contributed by atoms with Gasteiger partial charge in [0.25, 0.3) is 5.91 Å².